The summed E-state index contributed by atoms with van der Waals surface area (Å²) in [4.78, 5) is 50.2. The zero-order chi connectivity index (χ0) is 23.0. The van der Waals surface area contributed by atoms with Crippen LogP contribution in [0.15, 0.2) is 18.2 Å². The van der Waals surface area contributed by atoms with Gasteiger partial charge in [-0.2, -0.15) is 4.39 Å². The average molecular weight is 461 g/mol. The number of thiophene rings is 1. The summed E-state index contributed by atoms with van der Waals surface area (Å²) in [5.41, 5.74) is 0.692. The second kappa shape index (κ2) is 8.65. The summed E-state index contributed by atoms with van der Waals surface area (Å²) >= 11 is 1.35. The Morgan fingerprint density at radius 1 is 1.31 bits per heavy atom. The molecule has 2 heterocycles. The molecule has 1 aromatic carbocycles. The third-order valence-corrected chi connectivity index (χ3v) is 6.94. The predicted molar refractivity (Wildman–Crippen MR) is 114 cm³/mol. The molecule has 1 unspecified atom stereocenters. The van der Waals surface area contributed by atoms with Gasteiger partial charge in [-0.15, -0.1) is 11.3 Å². The number of anilines is 2. The van der Waals surface area contributed by atoms with Crippen molar-refractivity contribution < 1.29 is 28.4 Å². The number of nitro groups is 1. The van der Waals surface area contributed by atoms with Crippen LogP contribution in [0.5, 0.6) is 0 Å². The lowest BCUT2D eigenvalue weighted by atomic mass is 9.95. The fourth-order valence-electron chi connectivity index (χ4n) is 4.13. The summed E-state index contributed by atoms with van der Waals surface area (Å²) in [6.45, 7) is -0.00784. The maximum absolute atomic E-state index is 13.6. The number of halogens is 1. The molecule has 2 aliphatic rings. The number of fused-ring (bicyclic) bond motifs is 1. The second-order valence-corrected chi connectivity index (χ2v) is 8.80. The van der Waals surface area contributed by atoms with Crippen molar-refractivity contribution in [1.82, 2.24) is 0 Å². The fourth-order valence-corrected chi connectivity index (χ4v) is 5.41. The van der Waals surface area contributed by atoms with Crippen LogP contribution in [0.3, 0.4) is 0 Å². The predicted octanol–water partition coefficient (Wildman–Crippen LogP) is 3.45. The Balaban J connectivity index is 1.54. The molecule has 2 amide bonds. The highest BCUT2D eigenvalue weighted by Crippen LogP contribution is 2.39. The van der Waals surface area contributed by atoms with Gasteiger partial charge in [-0.1, -0.05) is 0 Å². The topological polar surface area (TPSA) is 119 Å². The molecule has 1 aromatic heterocycles. The van der Waals surface area contributed by atoms with Crippen LogP contribution >= 0.6 is 11.3 Å². The molecule has 32 heavy (non-hydrogen) atoms. The van der Waals surface area contributed by atoms with E-state index in [0.29, 0.717) is 10.6 Å². The Morgan fingerprint density at radius 2 is 2.06 bits per heavy atom. The van der Waals surface area contributed by atoms with Crippen LogP contribution < -0.4 is 10.2 Å². The second-order valence-electron chi connectivity index (χ2n) is 7.69. The maximum atomic E-state index is 13.6. The van der Waals surface area contributed by atoms with Gasteiger partial charge in [0.05, 0.1) is 29.2 Å². The lowest BCUT2D eigenvalue weighted by Gasteiger charge is -2.16. The minimum absolute atomic E-state index is 0.00784. The number of rotatable bonds is 5. The number of ether oxygens (including phenoxy) is 1. The van der Waals surface area contributed by atoms with Crippen molar-refractivity contribution in [3.63, 3.8) is 0 Å². The van der Waals surface area contributed by atoms with Crippen LogP contribution in [0, 0.1) is 21.8 Å². The van der Waals surface area contributed by atoms with Gasteiger partial charge in [0.2, 0.25) is 17.6 Å². The van der Waals surface area contributed by atoms with Gasteiger partial charge < -0.3 is 15.0 Å². The van der Waals surface area contributed by atoms with Gasteiger partial charge in [-0.25, -0.2) is 4.79 Å². The van der Waals surface area contributed by atoms with Crippen molar-refractivity contribution in [2.75, 3.05) is 23.9 Å². The van der Waals surface area contributed by atoms with E-state index in [1.165, 1.54) is 29.4 Å². The first-order chi connectivity index (χ1) is 15.3. The Hall–Kier alpha value is -3.34. The Morgan fingerprint density at radius 3 is 2.78 bits per heavy atom. The van der Waals surface area contributed by atoms with Crippen molar-refractivity contribution in [3.8, 4) is 0 Å². The van der Waals surface area contributed by atoms with Crippen molar-refractivity contribution >= 4 is 45.5 Å². The van der Waals surface area contributed by atoms with E-state index in [-0.39, 0.29) is 18.7 Å². The Bertz CT molecular complexity index is 1130. The number of amides is 2. The Kier molecular flexibility index (Phi) is 5.92. The van der Waals surface area contributed by atoms with E-state index >= 15 is 0 Å². The minimum atomic E-state index is -1.00. The molecule has 11 heteroatoms. The number of esters is 1. The molecule has 1 aliphatic carbocycles. The van der Waals surface area contributed by atoms with Crippen LogP contribution in [-0.2, 0) is 27.2 Å². The molecule has 1 atom stereocenters. The van der Waals surface area contributed by atoms with Gasteiger partial charge in [-0.3, -0.25) is 19.7 Å². The van der Waals surface area contributed by atoms with E-state index in [4.69, 9.17) is 4.74 Å². The lowest BCUT2D eigenvalue weighted by Crippen LogP contribution is -2.28. The molecule has 1 aliphatic heterocycles. The number of nitrogens with zero attached hydrogens (tertiary/aromatic N) is 2. The summed E-state index contributed by atoms with van der Waals surface area (Å²) in [6.07, 6.45) is 3.44. The molecule has 0 saturated carbocycles. The number of hydrogen-bond acceptors (Lipinski definition) is 7. The van der Waals surface area contributed by atoms with Gasteiger partial charge in [0, 0.05) is 23.9 Å². The summed E-state index contributed by atoms with van der Waals surface area (Å²) in [5, 5.41) is 14.2. The van der Waals surface area contributed by atoms with Gasteiger partial charge in [-0.05, 0) is 43.4 Å². The molecule has 0 spiro atoms. The molecule has 1 N–H and O–H groups in total. The van der Waals surface area contributed by atoms with E-state index in [1.807, 2.05) is 0 Å². The number of hydrogen-bond donors (Lipinski definition) is 1. The highest BCUT2D eigenvalue weighted by Gasteiger charge is 2.37. The van der Waals surface area contributed by atoms with Crippen molar-refractivity contribution in [1.29, 1.82) is 0 Å². The van der Waals surface area contributed by atoms with Gasteiger partial charge >= 0.3 is 11.7 Å². The molecule has 2 aromatic rings. The smallest absolute Gasteiger partial charge is 0.341 e. The van der Waals surface area contributed by atoms with Crippen molar-refractivity contribution in [3.05, 3.63) is 50.1 Å². The van der Waals surface area contributed by atoms with Gasteiger partial charge in [0.1, 0.15) is 5.00 Å². The number of aryl methyl sites for hydroxylation is 1. The normalized spacial score (nSPS) is 17.8. The lowest BCUT2D eigenvalue weighted by molar-refractivity contribution is -0.387. The van der Waals surface area contributed by atoms with E-state index in [1.54, 1.807) is 0 Å². The third kappa shape index (κ3) is 3.95. The zero-order valence-corrected chi connectivity index (χ0v) is 18.0. The zero-order valence-electron chi connectivity index (χ0n) is 17.2. The van der Waals surface area contributed by atoms with Crippen molar-refractivity contribution in [2.24, 2.45) is 5.92 Å². The van der Waals surface area contributed by atoms with E-state index in [2.05, 4.69) is 5.32 Å². The first-order valence-electron chi connectivity index (χ1n) is 10.1. The maximum Gasteiger partial charge on any atom is 0.341 e. The molecule has 1 saturated heterocycles. The molecule has 1 fully saturated rings. The molecular formula is C21H20FN3O6S. The monoisotopic (exact) mass is 461 g/mol. The standard InChI is InChI=1S/C21H20FN3O6S/c1-31-21(28)18-13-4-2-3-5-16(13)32-20(18)23-19(27)11-8-17(26)24(10-11)12-6-7-14(22)15(9-12)25(29)30/h6-7,9,11H,2-5,8,10H2,1H3,(H,23,27). The summed E-state index contributed by atoms with van der Waals surface area (Å²) < 4.78 is 18.5. The highest BCUT2D eigenvalue weighted by atomic mass is 32.1. The van der Waals surface area contributed by atoms with Crippen LogP contribution in [0.1, 0.15) is 40.1 Å². The largest absolute Gasteiger partial charge is 0.465 e. The van der Waals surface area contributed by atoms with Crippen LogP contribution in [-0.4, -0.2) is 36.4 Å². The van der Waals surface area contributed by atoms with Gasteiger partial charge in [0.25, 0.3) is 0 Å². The first kappa shape index (κ1) is 21.9. The Labute approximate surface area is 186 Å². The SMILES string of the molecule is COC(=O)c1c(NC(=O)C2CC(=O)N(c3ccc(F)c([N+](=O)[O-])c3)C2)sc2c1CCCC2. The average Bonchev–Trinajstić information content (AvgIpc) is 3.33. The molecule has 0 radical (unpaired) electrons. The number of carbonyl (C=O) groups excluding carboxylic acids is 3. The quantitative estimate of drug-likeness (QED) is 0.414. The molecule has 9 nitrogen and oxygen atoms in total. The van der Waals surface area contributed by atoms with E-state index < -0.39 is 40.1 Å². The fraction of sp³-hybridized carbons (Fsp3) is 0.381. The molecule has 0 bridgehead atoms. The van der Waals surface area contributed by atoms with Crippen LogP contribution in [0.2, 0.25) is 0 Å². The van der Waals surface area contributed by atoms with E-state index in [9.17, 15) is 28.9 Å². The van der Waals surface area contributed by atoms with Crippen LogP contribution in [0.25, 0.3) is 0 Å². The number of nitrogens with one attached hydrogen (secondary N) is 1. The highest BCUT2D eigenvalue weighted by molar-refractivity contribution is 7.17. The third-order valence-electron chi connectivity index (χ3n) is 5.73. The molecule has 4 rings (SSSR count). The summed E-state index contributed by atoms with van der Waals surface area (Å²) in [6, 6.07) is 3.17. The first-order valence-corrected chi connectivity index (χ1v) is 10.9. The summed E-state index contributed by atoms with van der Waals surface area (Å²) in [7, 11) is 1.29. The number of benzene rings is 1. The summed E-state index contributed by atoms with van der Waals surface area (Å²) in [5.74, 6) is -3.07. The number of nitro benzene ring substituents is 1. The van der Waals surface area contributed by atoms with Crippen LogP contribution in [0.4, 0.5) is 20.8 Å². The molecule has 168 valence electrons. The van der Waals surface area contributed by atoms with Gasteiger partial charge in [0.15, 0.2) is 0 Å². The number of methoxy groups -OCH3 is 1. The minimum Gasteiger partial charge on any atom is -0.465 e. The van der Waals surface area contributed by atoms with E-state index in [0.717, 1.165) is 48.3 Å². The molecular weight excluding hydrogens is 441 g/mol. The van der Waals surface area contributed by atoms with Crippen molar-refractivity contribution in [2.45, 2.75) is 32.1 Å². The number of carbonyl (C=O) groups is 3.